The van der Waals surface area contributed by atoms with Crippen LogP contribution in [0.5, 0.6) is 0 Å². The Kier molecular flexibility index (Phi) is 1.92. The lowest BCUT2D eigenvalue weighted by molar-refractivity contribution is 1.29. The minimum Gasteiger partial charge on any atom is -0.257 e. The van der Waals surface area contributed by atoms with Gasteiger partial charge in [0.2, 0.25) is 0 Å². The monoisotopic (exact) mass is 187 g/mol. The fraction of sp³-hybridized carbons (Fsp3) is 0.182. The molecule has 0 saturated carbocycles. The van der Waals surface area contributed by atoms with Gasteiger partial charge in [0.1, 0.15) is 8.07 Å². The standard InChI is InChI=1S/C11H13NSi/c1-13(2)9-5-7-11(13)10-6-3-4-8-12-10/h3-9H,1-2H3. The van der Waals surface area contributed by atoms with Gasteiger partial charge in [0, 0.05) is 6.20 Å². The first-order valence-electron chi connectivity index (χ1n) is 4.51. The summed E-state index contributed by atoms with van der Waals surface area (Å²) in [6.45, 7) is 4.69. The van der Waals surface area contributed by atoms with Crippen molar-refractivity contribution in [2.24, 2.45) is 0 Å². The zero-order valence-electron chi connectivity index (χ0n) is 7.99. The molecule has 0 spiro atoms. The van der Waals surface area contributed by atoms with Crippen LogP contribution in [0.25, 0.3) is 5.20 Å². The lowest BCUT2D eigenvalue weighted by Crippen LogP contribution is -2.23. The third-order valence-corrected chi connectivity index (χ3v) is 5.25. The highest BCUT2D eigenvalue weighted by molar-refractivity contribution is 6.99. The Morgan fingerprint density at radius 1 is 1.23 bits per heavy atom. The van der Waals surface area contributed by atoms with Crippen LogP contribution < -0.4 is 0 Å². The number of allylic oxidation sites excluding steroid dienone is 2. The normalized spacial score (nSPS) is 18.8. The number of hydrogen-bond donors (Lipinski definition) is 0. The molecule has 1 nitrogen and oxygen atoms in total. The molecular formula is C11H13NSi. The molecule has 0 saturated heterocycles. The average Bonchev–Trinajstić information content (AvgIpc) is 2.47. The first-order valence-corrected chi connectivity index (χ1v) is 7.59. The second kappa shape index (κ2) is 2.96. The third kappa shape index (κ3) is 1.49. The Bertz CT molecular complexity index is 363. The Morgan fingerprint density at radius 2 is 2.08 bits per heavy atom. The predicted molar refractivity (Wildman–Crippen MR) is 58.8 cm³/mol. The van der Waals surface area contributed by atoms with Gasteiger partial charge in [-0.1, -0.05) is 37.0 Å². The molecule has 0 amide bonds. The second-order valence-corrected chi connectivity index (χ2v) is 8.19. The quantitative estimate of drug-likeness (QED) is 0.616. The van der Waals surface area contributed by atoms with Crippen molar-refractivity contribution >= 4 is 13.3 Å². The van der Waals surface area contributed by atoms with E-state index in [1.165, 1.54) is 5.20 Å². The summed E-state index contributed by atoms with van der Waals surface area (Å²) in [4.78, 5) is 4.38. The summed E-state index contributed by atoms with van der Waals surface area (Å²) in [5, 5.41) is 1.44. The van der Waals surface area contributed by atoms with Gasteiger partial charge in [-0.2, -0.15) is 0 Å². The average molecular weight is 187 g/mol. The fourth-order valence-electron chi connectivity index (χ4n) is 1.63. The van der Waals surface area contributed by atoms with Crippen molar-refractivity contribution in [3.05, 3.63) is 47.9 Å². The highest BCUT2D eigenvalue weighted by Crippen LogP contribution is 2.29. The van der Waals surface area contributed by atoms with Crippen molar-refractivity contribution in [1.82, 2.24) is 4.98 Å². The van der Waals surface area contributed by atoms with Crippen molar-refractivity contribution in [1.29, 1.82) is 0 Å². The Morgan fingerprint density at radius 3 is 2.62 bits per heavy atom. The molecule has 0 fully saturated rings. The van der Waals surface area contributed by atoms with E-state index in [1.807, 2.05) is 18.3 Å². The van der Waals surface area contributed by atoms with Crippen molar-refractivity contribution in [2.45, 2.75) is 13.1 Å². The van der Waals surface area contributed by atoms with Crippen molar-refractivity contribution in [3.63, 3.8) is 0 Å². The predicted octanol–water partition coefficient (Wildman–Crippen LogP) is 2.82. The van der Waals surface area contributed by atoms with Gasteiger partial charge in [-0.3, -0.25) is 4.98 Å². The Labute approximate surface area is 79.8 Å². The van der Waals surface area contributed by atoms with Crippen LogP contribution in [0.3, 0.4) is 0 Å². The highest BCUT2D eigenvalue weighted by atomic mass is 28.3. The van der Waals surface area contributed by atoms with Crippen LogP contribution in [0.1, 0.15) is 5.69 Å². The van der Waals surface area contributed by atoms with Gasteiger partial charge in [0.25, 0.3) is 0 Å². The van der Waals surface area contributed by atoms with Crippen LogP contribution in [0.15, 0.2) is 42.2 Å². The van der Waals surface area contributed by atoms with Gasteiger partial charge < -0.3 is 0 Å². The zero-order valence-corrected chi connectivity index (χ0v) is 8.99. The molecule has 1 aliphatic rings. The van der Waals surface area contributed by atoms with Crippen LogP contribution >= 0.6 is 0 Å². The first-order chi connectivity index (χ1) is 6.20. The molecule has 0 unspecified atom stereocenters. The molecular weight excluding hydrogens is 174 g/mol. The molecule has 0 N–H and O–H groups in total. The number of pyridine rings is 1. The summed E-state index contributed by atoms with van der Waals surface area (Å²) >= 11 is 0. The lowest BCUT2D eigenvalue weighted by atomic mass is 10.3. The molecule has 0 bridgehead atoms. The molecule has 2 heterocycles. The number of hydrogen-bond acceptors (Lipinski definition) is 1. The highest BCUT2D eigenvalue weighted by Gasteiger charge is 2.27. The van der Waals surface area contributed by atoms with E-state index < -0.39 is 8.07 Å². The van der Waals surface area contributed by atoms with Gasteiger partial charge in [-0.05, 0) is 17.3 Å². The summed E-state index contributed by atoms with van der Waals surface area (Å²) in [7, 11) is -1.29. The molecule has 1 aliphatic heterocycles. The minimum absolute atomic E-state index is 1.14. The summed E-state index contributed by atoms with van der Waals surface area (Å²) in [6.07, 6.45) is 6.23. The number of aromatic nitrogens is 1. The summed E-state index contributed by atoms with van der Waals surface area (Å²) in [5.74, 6) is 0. The van der Waals surface area contributed by atoms with Crippen LogP contribution in [0.2, 0.25) is 13.1 Å². The molecule has 2 rings (SSSR count). The van der Waals surface area contributed by atoms with E-state index in [9.17, 15) is 0 Å². The van der Waals surface area contributed by atoms with E-state index >= 15 is 0 Å². The van der Waals surface area contributed by atoms with E-state index in [2.05, 4.69) is 42.0 Å². The molecule has 0 aromatic carbocycles. The number of nitrogens with zero attached hydrogens (tertiary/aromatic N) is 1. The molecule has 1 aromatic rings. The topological polar surface area (TPSA) is 12.9 Å². The number of rotatable bonds is 1. The van der Waals surface area contributed by atoms with E-state index in [4.69, 9.17) is 0 Å². The van der Waals surface area contributed by atoms with E-state index in [1.54, 1.807) is 0 Å². The maximum Gasteiger partial charge on any atom is 0.107 e. The van der Waals surface area contributed by atoms with Crippen molar-refractivity contribution in [2.75, 3.05) is 0 Å². The largest absolute Gasteiger partial charge is 0.257 e. The molecule has 0 atom stereocenters. The van der Waals surface area contributed by atoms with Crippen LogP contribution in [-0.2, 0) is 0 Å². The van der Waals surface area contributed by atoms with Gasteiger partial charge in [0.15, 0.2) is 0 Å². The molecule has 1 aromatic heterocycles. The zero-order chi connectivity index (χ0) is 9.31. The van der Waals surface area contributed by atoms with Gasteiger partial charge >= 0.3 is 0 Å². The molecule has 13 heavy (non-hydrogen) atoms. The smallest absolute Gasteiger partial charge is 0.107 e. The second-order valence-electron chi connectivity index (χ2n) is 3.88. The Hall–Kier alpha value is -1.15. The minimum atomic E-state index is -1.29. The molecule has 66 valence electrons. The molecule has 2 heteroatoms. The van der Waals surface area contributed by atoms with Crippen LogP contribution in [0.4, 0.5) is 0 Å². The summed E-state index contributed by atoms with van der Waals surface area (Å²) in [5.41, 5.74) is 3.49. The maximum absolute atomic E-state index is 4.38. The lowest BCUT2D eigenvalue weighted by Gasteiger charge is -2.17. The summed E-state index contributed by atoms with van der Waals surface area (Å²) < 4.78 is 0. The van der Waals surface area contributed by atoms with E-state index in [-0.39, 0.29) is 0 Å². The third-order valence-electron chi connectivity index (χ3n) is 2.41. The molecule has 0 radical (unpaired) electrons. The van der Waals surface area contributed by atoms with Crippen molar-refractivity contribution in [3.8, 4) is 0 Å². The van der Waals surface area contributed by atoms with E-state index in [0.717, 1.165) is 5.69 Å². The van der Waals surface area contributed by atoms with Crippen LogP contribution in [0, 0.1) is 0 Å². The fourth-order valence-corrected chi connectivity index (χ4v) is 3.72. The SMILES string of the molecule is C[Si]1(C)C=CC=C1c1ccccn1. The van der Waals surface area contributed by atoms with Gasteiger partial charge in [-0.25, -0.2) is 0 Å². The van der Waals surface area contributed by atoms with Crippen molar-refractivity contribution < 1.29 is 0 Å². The molecule has 0 aliphatic carbocycles. The van der Waals surface area contributed by atoms with Gasteiger partial charge in [-0.15, -0.1) is 0 Å². The van der Waals surface area contributed by atoms with Crippen LogP contribution in [-0.4, -0.2) is 13.1 Å². The first kappa shape index (κ1) is 8.45. The van der Waals surface area contributed by atoms with E-state index in [0.29, 0.717) is 0 Å². The maximum atomic E-state index is 4.38. The summed E-state index contributed by atoms with van der Waals surface area (Å²) in [6, 6.07) is 6.10. The Balaban J connectivity index is 2.40. The van der Waals surface area contributed by atoms with Gasteiger partial charge in [0.05, 0.1) is 5.69 Å².